The van der Waals surface area contributed by atoms with Crippen LogP contribution in [0.1, 0.15) is 11.3 Å². The van der Waals surface area contributed by atoms with E-state index in [1.807, 2.05) is 12.1 Å². The monoisotopic (exact) mass is 268 g/mol. The Morgan fingerprint density at radius 3 is 3.06 bits per heavy atom. The number of H-pyrrole nitrogens is 1. The molecule has 18 heavy (non-hydrogen) atoms. The minimum absolute atomic E-state index is 0.0273. The van der Waals surface area contributed by atoms with Gasteiger partial charge in [0, 0.05) is 5.02 Å². The maximum absolute atomic E-state index is 5.83. The van der Waals surface area contributed by atoms with E-state index in [-0.39, 0.29) is 24.0 Å². The number of hydrogen-bond acceptors (Lipinski definition) is 5. The first-order chi connectivity index (χ1) is 8.66. The van der Waals surface area contributed by atoms with E-state index in [1.54, 1.807) is 12.1 Å². The van der Waals surface area contributed by atoms with E-state index in [2.05, 4.69) is 20.1 Å². The molecule has 0 saturated carbocycles. The zero-order valence-electron chi connectivity index (χ0n) is 9.26. The van der Waals surface area contributed by atoms with Gasteiger partial charge in [-0.15, -0.1) is 4.63 Å². The average molecular weight is 269 g/mol. The molecule has 1 aromatic carbocycles. The second kappa shape index (κ2) is 5.37. The molecule has 5 N–H and O–H groups in total. The largest absolute Gasteiger partial charge is 0.389 e. The number of nitrogen functional groups attached to an aromatic ring is 1. The summed E-state index contributed by atoms with van der Waals surface area (Å²) in [6.45, 7) is 0.239. The number of amidine groups is 1. The van der Waals surface area contributed by atoms with Crippen LogP contribution in [0.2, 0.25) is 5.02 Å². The summed E-state index contributed by atoms with van der Waals surface area (Å²) in [5.74, 6) is 0.210. The number of nitrogens with one attached hydrogen (secondary N) is 1. The van der Waals surface area contributed by atoms with Crippen LogP contribution in [0.5, 0.6) is 0 Å². The van der Waals surface area contributed by atoms with Crippen molar-refractivity contribution in [2.24, 2.45) is 10.9 Å². The van der Waals surface area contributed by atoms with Gasteiger partial charge in [0.1, 0.15) is 6.61 Å². The zero-order valence-corrected chi connectivity index (χ0v) is 10.0. The zero-order chi connectivity index (χ0) is 13.0. The first-order valence-corrected chi connectivity index (χ1v) is 5.37. The van der Waals surface area contributed by atoms with Gasteiger partial charge in [-0.05, 0) is 17.7 Å². The molecular weight excluding hydrogens is 258 g/mol. The molecule has 0 radical (unpaired) electrons. The maximum Gasteiger partial charge on any atom is 0.303 e. The number of oxime groups is 1. The Morgan fingerprint density at radius 1 is 1.56 bits per heavy atom. The molecule has 1 aromatic heterocycles. The van der Waals surface area contributed by atoms with Crippen molar-refractivity contribution < 1.29 is 14.6 Å². The summed E-state index contributed by atoms with van der Waals surface area (Å²) in [4.78, 5) is 5.07. The van der Waals surface area contributed by atoms with Crippen molar-refractivity contribution in [1.82, 2.24) is 5.16 Å². The summed E-state index contributed by atoms with van der Waals surface area (Å²) < 4.78 is 4.51. The maximum atomic E-state index is 5.83. The third-order valence-electron chi connectivity index (χ3n) is 2.07. The van der Waals surface area contributed by atoms with Gasteiger partial charge in [0.2, 0.25) is 5.84 Å². The highest BCUT2D eigenvalue weighted by atomic mass is 35.5. The fraction of sp³-hybridized carbons (Fsp3) is 0.100. The van der Waals surface area contributed by atoms with Crippen LogP contribution in [0.3, 0.4) is 0 Å². The summed E-state index contributed by atoms with van der Waals surface area (Å²) >= 11 is 5.83. The standard InChI is InChI=1S/C10H10ClN5O2/c11-7-3-1-2-6(4-7)5-17-15-9(12)8-10(13)16-18-14-8/h1-4H,5H2,(H2,12,15)(H2,13,16)/p+1. The molecule has 0 aliphatic carbocycles. The molecule has 0 aliphatic rings. The summed E-state index contributed by atoms with van der Waals surface area (Å²) in [5, 5.41) is 10.2. The second-order valence-electron chi connectivity index (χ2n) is 3.43. The van der Waals surface area contributed by atoms with Gasteiger partial charge in [-0.2, -0.15) is 0 Å². The average Bonchev–Trinajstić information content (AvgIpc) is 2.75. The number of nitrogens with two attached hydrogens (primary N) is 2. The van der Waals surface area contributed by atoms with E-state index < -0.39 is 0 Å². The van der Waals surface area contributed by atoms with Gasteiger partial charge >= 0.3 is 11.5 Å². The molecule has 0 fully saturated rings. The van der Waals surface area contributed by atoms with Crippen molar-refractivity contribution in [3.8, 4) is 0 Å². The third-order valence-corrected chi connectivity index (χ3v) is 2.31. The number of aromatic nitrogens is 2. The second-order valence-corrected chi connectivity index (χ2v) is 3.86. The third kappa shape index (κ3) is 2.89. The summed E-state index contributed by atoms with van der Waals surface area (Å²) in [6, 6.07) is 7.22. The first kappa shape index (κ1) is 12.2. The molecule has 0 bridgehead atoms. The Hall–Kier alpha value is -2.28. The quantitative estimate of drug-likeness (QED) is 0.478. The fourth-order valence-electron chi connectivity index (χ4n) is 1.25. The molecule has 0 aliphatic heterocycles. The Kier molecular flexibility index (Phi) is 3.63. The smallest absolute Gasteiger partial charge is 0.303 e. The van der Waals surface area contributed by atoms with Crippen LogP contribution in [-0.4, -0.2) is 11.0 Å². The van der Waals surface area contributed by atoms with E-state index in [0.29, 0.717) is 5.02 Å². The van der Waals surface area contributed by atoms with Crippen molar-refractivity contribution in [3.63, 3.8) is 0 Å². The topological polar surface area (TPSA) is 114 Å². The van der Waals surface area contributed by atoms with E-state index in [9.17, 15) is 0 Å². The van der Waals surface area contributed by atoms with Gasteiger partial charge < -0.3 is 16.3 Å². The summed E-state index contributed by atoms with van der Waals surface area (Å²) in [7, 11) is 0. The molecular formula is C10H11ClN5O2+. The van der Waals surface area contributed by atoms with Crippen LogP contribution in [0.4, 0.5) is 5.82 Å². The van der Waals surface area contributed by atoms with Crippen LogP contribution in [0, 0.1) is 0 Å². The lowest BCUT2D eigenvalue weighted by Gasteiger charge is -2.00. The first-order valence-electron chi connectivity index (χ1n) is 5.00. The number of aromatic amines is 1. The molecule has 1 heterocycles. The van der Waals surface area contributed by atoms with E-state index in [4.69, 9.17) is 27.9 Å². The van der Waals surface area contributed by atoms with Gasteiger partial charge in [0.25, 0.3) is 0 Å². The molecule has 0 saturated heterocycles. The fourth-order valence-corrected chi connectivity index (χ4v) is 1.46. The van der Waals surface area contributed by atoms with E-state index in [0.717, 1.165) is 5.56 Å². The van der Waals surface area contributed by atoms with Crippen molar-refractivity contribution in [2.45, 2.75) is 6.61 Å². The number of anilines is 1. The molecule has 0 amide bonds. The van der Waals surface area contributed by atoms with Crippen LogP contribution < -0.4 is 16.6 Å². The van der Waals surface area contributed by atoms with Crippen LogP contribution in [0.15, 0.2) is 34.1 Å². The molecule has 94 valence electrons. The van der Waals surface area contributed by atoms with E-state index >= 15 is 0 Å². The predicted molar refractivity (Wildman–Crippen MR) is 64.4 cm³/mol. The highest BCUT2D eigenvalue weighted by Gasteiger charge is 2.17. The van der Waals surface area contributed by atoms with Crippen molar-refractivity contribution in [2.75, 3.05) is 5.73 Å². The molecule has 0 unspecified atom stereocenters. The SMILES string of the molecule is NC(=NOCc1cccc(Cl)c1)c1no[nH+]c1N. The molecule has 0 atom stereocenters. The van der Waals surface area contributed by atoms with Gasteiger partial charge in [0.15, 0.2) is 0 Å². The van der Waals surface area contributed by atoms with Crippen LogP contribution >= 0.6 is 11.6 Å². The van der Waals surface area contributed by atoms with Crippen molar-refractivity contribution in [3.05, 3.63) is 40.5 Å². The Morgan fingerprint density at radius 2 is 2.39 bits per heavy atom. The molecule has 7 nitrogen and oxygen atoms in total. The van der Waals surface area contributed by atoms with Crippen molar-refractivity contribution in [1.29, 1.82) is 0 Å². The highest BCUT2D eigenvalue weighted by molar-refractivity contribution is 6.30. The van der Waals surface area contributed by atoms with Gasteiger partial charge in [-0.3, -0.25) is 0 Å². The lowest BCUT2D eigenvalue weighted by molar-refractivity contribution is -0.610. The Balaban J connectivity index is 1.98. The van der Waals surface area contributed by atoms with Gasteiger partial charge in [-0.1, -0.05) is 34.0 Å². The Bertz CT molecular complexity index is 569. The molecule has 0 spiro atoms. The number of nitrogens with zero attached hydrogens (tertiary/aromatic N) is 2. The van der Waals surface area contributed by atoms with Gasteiger partial charge in [-0.25, -0.2) is 0 Å². The highest BCUT2D eigenvalue weighted by Crippen LogP contribution is 2.11. The molecule has 2 rings (SSSR count). The molecule has 2 aromatic rings. The number of rotatable bonds is 4. The predicted octanol–water partition coefficient (Wildman–Crippen LogP) is 0.561. The Labute approximate surface area is 107 Å². The van der Waals surface area contributed by atoms with Crippen molar-refractivity contribution >= 4 is 23.3 Å². The summed E-state index contributed by atoms with van der Waals surface area (Å²) in [6.07, 6.45) is 0. The minimum Gasteiger partial charge on any atom is -0.389 e. The normalized spacial score (nSPS) is 11.5. The lowest BCUT2D eigenvalue weighted by Crippen LogP contribution is -2.18. The number of benzene rings is 1. The van der Waals surface area contributed by atoms with Gasteiger partial charge in [0.05, 0.1) is 5.16 Å². The minimum atomic E-state index is 0.0273. The lowest BCUT2D eigenvalue weighted by atomic mass is 10.2. The summed E-state index contributed by atoms with van der Waals surface area (Å²) in [5.41, 5.74) is 12.2. The number of hydrogen-bond donors (Lipinski definition) is 2. The molecule has 8 heteroatoms. The van der Waals surface area contributed by atoms with E-state index in [1.165, 1.54) is 0 Å². The number of halogens is 1. The van der Waals surface area contributed by atoms with Crippen LogP contribution in [0.25, 0.3) is 0 Å². The van der Waals surface area contributed by atoms with Crippen LogP contribution in [-0.2, 0) is 11.4 Å².